The highest BCUT2D eigenvalue weighted by Gasteiger charge is 2.12. The van der Waals surface area contributed by atoms with Crippen LogP contribution in [-0.2, 0) is 4.79 Å². The number of hydrogen-bond acceptors (Lipinski definition) is 4. The van der Waals surface area contributed by atoms with Gasteiger partial charge in [0.25, 0.3) is 0 Å². The molecule has 25 heavy (non-hydrogen) atoms. The molecule has 0 aromatic heterocycles. The average Bonchev–Trinajstić information content (AvgIpc) is 2.59. The number of amides is 1. The summed E-state index contributed by atoms with van der Waals surface area (Å²) >= 11 is 6.87. The molecule has 2 aromatic rings. The van der Waals surface area contributed by atoms with Gasteiger partial charge in [-0.3, -0.25) is 4.79 Å². The number of rotatable bonds is 4. The van der Waals surface area contributed by atoms with Crippen molar-refractivity contribution in [2.24, 2.45) is 0 Å². The minimum atomic E-state index is -0.255. The second-order valence-corrected chi connectivity index (χ2v) is 6.96. The summed E-state index contributed by atoms with van der Waals surface area (Å²) in [5.74, 6) is 1.72. The lowest BCUT2D eigenvalue weighted by Gasteiger charge is -2.18. The molecule has 7 heteroatoms. The summed E-state index contributed by atoms with van der Waals surface area (Å²) in [5.41, 5.74) is 1.42. The lowest BCUT2D eigenvalue weighted by atomic mass is 10.2. The van der Waals surface area contributed by atoms with Crippen molar-refractivity contribution >= 4 is 49.5 Å². The summed E-state index contributed by atoms with van der Waals surface area (Å²) in [6, 6.07) is 9.05. The molecule has 0 radical (unpaired) electrons. The number of anilines is 1. The molecule has 130 valence electrons. The van der Waals surface area contributed by atoms with Crippen molar-refractivity contribution in [1.82, 2.24) is 0 Å². The second kappa shape index (κ2) is 7.93. The molecule has 0 saturated heterocycles. The van der Waals surface area contributed by atoms with Gasteiger partial charge in [-0.15, -0.1) is 0 Å². The number of carbonyl (C=O) groups excluding carboxylic acids is 1. The molecule has 0 aliphatic carbocycles. The van der Waals surface area contributed by atoms with Crippen molar-refractivity contribution in [2.75, 3.05) is 25.6 Å². The van der Waals surface area contributed by atoms with E-state index in [-0.39, 0.29) is 5.91 Å². The zero-order chi connectivity index (χ0) is 17.8. The normalized spacial score (nSPS) is 12.9. The number of halogens is 2. The minimum absolute atomic E-state index is 0.255. The number of carbonyl (C=O) groups is 1. The van der Waals surface area contributed by atoms with Gasteiger partial charge >= 0.3 is 0 Å². The zero-order valence-corrected chi connectivity index (χ0v) is 16.5. The molecule has 1 amide bonds. The molecular weight excluding hydrogens is 454 g/mol. The number of ether oxygens (including phenoxy) is 3. The van der Waals surface area contributed by atoms with Crippen molar-refractivity contribution in [3.8, 4) is 17.2 Å². The predicted octanol–water partition coefficient (Wildman–Crippen LogP) is 4.64. The highest BCUT2D eigenvalue weighted by Crippen LogP contribution is 2.34. The van der Waals surface area contributed by atoms with Crippen molar-refractivity contribution in [2.45, 2.75) is 0 Å². The standard InChI is InChI=1S/C18H15Br2NO4/c1-23-18-11(8-12(19)9-14(18)20)2-5-17(22)21-13-3-4-15-16(10-13)25-7-6-24-15/h2-5,8-10H,6-7H2,1H3,(H,21,22)/b5-2+. The topological polar surface area (TPSA) is 56.8 Å². The molecule has 1 N–H and O–H groups in total. The van der Waals surface area contributed by atoms with Crippen LogP contribution in [0.1, 0.15) is 5.56 Å². The fourth-order valence-corrected chi connectivity index (χ4v) is 3.81. The van der Waals surface area contributed by atoms with Gasteiger partial charge in [0.1, 0.15) is 19.0 Å². The van der Waals surface area contributed by atoms with Crippen LogP contribution in [0.2, 0.25) is 0 Å². The summed E-state index contributed by atoms with van der Waals surface area (Å²) in [6.07, 6.45) is 3.15. The molecule has 2 aromatic carbocycles. The summed E-state index contributed by atoms with van der Waals surface area (Å²) in [4.78, 5) is 12.2. The fraction of sp³-hybridized carbons (Fsp3) is 0.167. The summed E-state index contributed by atoms with van der Waals surface area (Å²) < 4.78 is 18.0. The Hall–Kier alpha value is -1.99. The van der Waals surface area contributed by atoms with E-state index in [9.17, 15) is 4.79 Å². The number of hydrogen-bond donors (Lipinski definition) is 1. The summed E-state index contributed by atoms with van der Waals surface area (Å²) in [5, 5.41) is 2.80. The quantitative estimate of drug-likeness (QED) is 0.664. The first-order chi connectivity index (χ1) is 12.1. The van der Waals surface area contributed by atoms with E-state index >= 15 is 0 Å². The third kappa shape index (κ3) is 4.35. The van der Waals surface area contributed by atoms with Gasteiger partial charge < -0.3 is 19.5 Å². The first kappa shape index (κ1) is 17.8. The lowest BCUT2D eigenvalue weighted by Crippen LogP contribution is -2.16. The van der Waals surface area contributed by atoms with Crippen LogP contribution < -0.4 is 19.5 Å². The Morgan fingerprint density at radius 1 is 1.16 bits per heavy atom. The molecule has 0 saturated carbocycles. The molecule has 0 atom stereocenters. The van der Waals surface area contributed by atoms with Crippen LogP contribution in [0.15, 0.2) is 45.4 Å². The van der Waals surface area contributed by atoms with Crippen LogP contribution in [0.5, 0.6) is 17.2 Å². The van der Waals surface area contributed by atoms with Gasteiger partial charge in [-0.05, 0) is 46.3 Å². The molecule has 0 spiro atoms. The van der Waals surface area contributed by atoms with Gasteiger partial charge in [0.05, 0.1) is 11.6 Å². The Kier molecular flexibility index (Phi) is 5.65. The maximum absolute atomic E-state index is 12.2. The molecule has 1 heterocycles. The summed E-state index contributed by atoms with van der Waals surface area (Å²) in [7, 11) is 1.58. The van der Waals surface area contributed by atoms with Crippen molar-refractivity contribution in [3.63, 3.8) is 0 Å². The van der Waals surface area contributed by atoms with E-state index < -0.39 is 0 Å². The van der Waals surface area contributed by atoms with Crippen LogP contribution in [-0.4, -0.2) is 26.2 Å². The van der Waals surface area contributed by atoms with E-state index in [0.717, 1.165) is 14.5 Å². The Morgan fingerprint density at radius 3 is 2.68 bits per heavy atom. The predicted molar refractivity (Wildman–Crippen MR) is 103 cm³/mol. The van der Waals surface area contributed by atoms with Gasteiger partial charge in [-0.1, -0.05) is 15.9 Å². The van der Waals surface area contributed by atoms with Crippen molar-refractivity contribution in [1.29, 1.82) is 0 Å². The number of benzene rings is 2. The van der Waals surface area contributed by atoms with E-state index in [2.05, 4.69) is 37.2 Å². The maximum Gasteiger partial charge on any atom is 0.248 e. The molecule has 5 nitrogen and oxygen atoms in total. The van der Waals surface area contributed by atoms with Crippen LogP contribution in [0.25, 0.3) is 6.08 Å². The SMILES string of the molecule is COc1c(Br)cc(Br)cc1/C=C/C(=O)Nc1ccc2c(c1)OCCO2. The zero-order valence-electron chi connectivity index (χ0n) is 13.3. The van der Waals surface area contributed by atoms with Crippen molar-refractivity contribution in [3.05, 3.63) is 50.9 Å². The molecule has 0 unspecified atom stereocenters. The first-order valence-corrected chi connectivity index (χ1v) is 9.07. The van der Waals surface area contributed by atoms with E-state index in [1.54, 1.807) is 31.4 Å². The van der Waals surface area contributed by atoms with E-state index in [0.29, 0.717) is 36.1 Å². The van der Waals surface area contributed by atoms with Gasteiger partial charge in [0.2, 0.25) is 5.91 Å². The van der Waals surface area contributed by atoms with Gasteiger partial charge in [-0.25, -0.2) is 0 Å². The van der Waals surface area contributed by atoms with E-state index in [1.807, 2.05) is 12.1 Å². The van der Waals surface area contributed by atoms with Gasteiger partial charge in [-0.2, -0.15) is 0 Å². The smallest absolute Gasteiger partial charge is 0.248 e. The largest absolute Gasteiger partial charge is 0.495 e. The highest BCUT2D eigenvalue weighted by atomic mass is 79.9. The van der Waals surface area contributed by atoms with Crippen LogP contribution >= 0.6 is 31.9 Å². The van der Waals surface area contributed by atoms with Crippen molar-refractivity contribution < 1.29 is 19.0 Å². The lowest BCUT2D eigenvalue weighted by molar-refractivity contribution is -0.111. The Labute approximate surface area is 162 Å². The van der Waals surface area contributed by atoms with Crippen LogP contribution in [0.3, 0.4) is 0 Å². The van der Waals surface area contributed by atoms with Gasteiger partial charge in [0, 0.05) is 27.9 Å². The van der Waals surface area contributed by atoms with E-state index in [1.165, 1.54) is 6.08 Å². The number of fused-ring (bicyclic) bond motifs is 1. The molecule has 0 fully saturated rings. The fourth-order valence-electron chi connectivity index (χ4n) is 2.39. The Morgan fingerprint density at radius 2 is 1.92 bits per heavy atom. The molecule has 3 rings (SSSR count). The third-order valence-electron chi connectivity index (χ3n) is 3.47. The Balaban J connectivity index is 1.74. The maximum atomic E-state index is 12.2. The Bertz CT molecular complexity index is 836. The van der Waals surface area contributed by atoms with Gasteiger partial charge in [0.15, 0.2) is 11.5 Å². The highest BCUT2D eigenvalue weighted by molar-refractivity contribution is 9.11. The average molecular weight is 469 g/mol. The molecule has 0 bridgehead atoms. The molecule has 1 aliphatic heterocycles. The molecular formula is C18H15Br2NO4. The van der Waals surface area contributed by atoms with Crippen LogP contribution in [0, 0.1) is 0 Å². The second-order valence-electron chi connectivity index (χ2n) is 5.19. The first-order valence-electron chi connectivity index (χ1n) is 7.48. The molecule has 1 aliphatic rings. The third-order valence-corrected chi connectivity index (χ3v) is 4.51. The number of nitrogens with one attached hydrogen (secondary N) is 1. The van der Waals surface area contributed by atoms with Crippen LogP contribution in [0.4, 0.5) is 5.69 Å². The minimum Gasteiger partial charge on any atom is -0.495 e. The monoisotopic (exact) mass is 467 g/mol. The van der Waals surface area contributed by atoms with E-state index in [4.69, 9.17) is 14.2 Å². The summed E-state index contributed by atoms with van der Waals surface area (Å²) in [6.45, 7) is 1.04. The number of methoxy groups -OCH3 is 1.